The van der Waals surface area contributed by atoms with Crippen molar-refractivity contribution in [1.82, 2.24) is 15.0 Å². The van der Waals surface area contributed by atoms with Crippen LogP contribution in [-0.4, -0.2) is 26.1 Å². The van der Waals surface area contributed by atoms with Crippen LogP contribution < -0.4 is 4.74 Å². The molecule has 0 fully saturated rings. The summed E-state index contributed by atoms with van der Waals surface area (Å²) in [5, 5.41) is 17.7. The number of benzene rings is 3. The van der Waals surface area contributed by atoms with Crippen LogP contribution in [0.3, 0.4) is 0 Å². The molecule has 0 bridgehead atoms. The summed E-state index contributed by atoms with van der Waals surface area (Å²) in [7, 11) is 0. The number of aliphatic carboxylic acids is 1. The van der Waals surface area contributed by atoms with Gasteiger partial charge < -0.3 is 9.84 Å². The highest BCUT2D eigenvalue weighted by Gasteiger charge is 2.13. The smallest absolute Gasteiger partial charge is 0.304 e. The molecule has 0 saturated heterocycles. The first-order valence-corrected chi connectivity index (χ1v) is 10.4. The van der Waals surface area contributed by atoms with Gasteiger partial charge in [0.05, 0.1) is 24.4 Å². The first-order chi connectivity index (χ1) is 15.6. The van der Waals surface area contributed by atoms with Crippen molar-refractivity contribution in [3.63, 3.8) is 0 Å². The highest BCUT2D eigenvalue weighted by Crippen LogP contribution is 2.23. The lowest BCUT2D eigenvalue weighted by Crippen LogP contribution is -2.04. The van der Waals surface area contributed by atoms with Crippen molar-refractivity contribution in [2.24, 2.45) is 0 Å². The molecule has 0 saturated carbocycles. The van der Waals surface area contributed by atoms with Crippen molar-refractivity contribution in [2.45, 2.75) is 32.4 Å². The molecule has 32 heavy (non-hydrogen) atoms. The number of hydrogen-bond donors (Lipinski definition) is 1. The van der Waals surface area contributed by atoms with E-state index in [0.717, 1.165) is 22.2 Å². The maximum Gasteiger partial charge on any atom is 0.304 e. The molecule has 1 aromatic heterocycles. The Hall–Kier alpha value is -4.11. The second-order valence-corrected chi connectivity index (χ2v) is 7.46. The third kappa shape index (κ3) is 5.13. The first kappa shape index (κ1) is 21.1. The van der Waals surface area contributed by atoms with Gasteiger partial charge in [0, 0.05) is 0 Å². The zero-order valence-electron chi connectivity index (χ0n) is 17.7. The zero-order valence-corrected chi connectivity index (χ0v) is 17.7. The average molecular weight is 425 g/mol. The van der Waals surface area contributed by atoms with E-state index in [4.69, 9.17) is 9.84 Å². The van der Waals surface area contributed by atoms with Gasteiger partial charge in [0.25, 0.3) is 0 Å². The molecule has 0 aliphatic rings. The molecule has 4 aromatic rings. The van der Waals surface area contributed by atoms with Crippen LogP contribution in [0.2, 0.25) is 0 Å². The molecule has 4 rings (SSSR count). The van der Waals surface area contributed by atoms with Gasteiger partial charge in [0.1, 0.15) is 17.9 Å². The summed E-state index contributed by atoms with van der Waals surface area (Å²) >= 11 is 0. The second-order valence-electron chi connectivity index (χ2n) is 7.46. The van der Waals surface area contributed by atoms with E-state index in [9.17, 15) is 4.79 Å². The van der Waals surface area contributed by atoms with E-state index in [2.05, 4.69) is 34.3 Å². The van der Waals surface area contributed by atoms with Crippen LogP contribution in [0, 0.1) is 11.8 Å². The molecule has 3 aromatic carbocycles. The molecular weight excluding hydrogens is 402 g/mol. The van der Waals surface area contributed by atoms with E-state index < -0.39 is 5.97 Å². The van der Waals surface area contributed by atoms with Gasteiger partial charge in [-0.1, -0.05) is 59.7 Å². The molecule has 0 unspecified atom stereocenters. The SMILES string of the molecule is CC#C[C@@H](CC(=O)O)c1ccc(OCc2ccc3c(c2)nnn3Cc2ccccc2)cc1. The molecule has 0 aliphatic carbocycles. The van der Waals surface area contributed by atoms with Crippen LogP contribution in [0.1, 0.15) is 36.0 Å². The Kier molecular flexibility index (Phi) is 6.47. The largest absolute Gasteiger partial charge is 0.489 e. The fraction of sp³-hybridized carbons (Fsp3) is 0.192. The summed E-state index contributed by atoms with van der Waals surface area (Å²) in [6, 6.07) is 23.6. The van der Waals surface area contributed by atoms with Gasteiger partial charge in [0.15, 0.2) is 0 Å². The third-order valence-corrected chi connectivity index (χ3v) is 5.14. The summed E-state index contributed by atoms with van der Waals surface area (Å²) in [4.78, 5) is 11.1. The predicted molar refractivity (Wildman–Crippen MR) is 122 cm³/mol. The Balaban J connectivity index is 1.41. The molecule has 1 atom stereocenters. The standard InChI is InChI=1S/C26H23N3O3/c1-2-6-22(16-26(30)31)21-10-12-23(13-11-21)32-18-20-9-14-25-24(15-20)27-28-29(25)17-19-7-4-3-5-8-19/h3-5,7-15,22H,16-18H2,1H3,(H,30,31)/t22-/m0/s1. The molecule has 0 radical (unpaired) electrons. The van der Waals surface area contributed by atoms with Crippen molar-refractivity contribution in [3.8, 4) is 17.6 Å². The number of rotatable bonds is 8. The Morgan fingerprint density at radius 3 is 2.56 bits per heavy atom. The highest BCUT2D eigenvalue weighted by atomic mass is 16.5. The minimum Gasteiger partial charge on any atom is -0.489 e. The van der Waals surface area contributed by atoms with Crippen LogP contribution in [-0.2, 0) is 17.9 Å². The van der Waals surface area contributed by atoms with E-state index in [-0.39, 0.29) is 12.3 Å². The Morgan fingerprint density at radius 2 is 1.84 bits per heavy atom. The highest BCUT2D eigenvalue weighted by molar-refractivity contribution is 5.75. The lowest BCUT2D eigenvalue weighted by Gasteiger charge is -2.11. The van der Waals surface area contributed by atoms with E-state index >= 15 is 0 Å². The maximum atomic E-state index is 11.1. The lowest BCUT2D eigenvalue weighted by atomic mass is 9.96. The number of carboxylic acid groups (broad SMARTS) is 1. The molecule has 6 heteroatoms. The van der Waals surface area contributed by atoms with Gasteiger partial charge in [-0.25, -0.2) is 4.68 Å². The number of carboxylic acids is 1. The van der Waals surface area contributed by atoms with Gasteiger partial charge in [-0.3, -0.25) is 4.79 Å². The summed E-state index contributed by atoms with van der Waals surface area (Å²) < 4.78 is 7.80. The van der Waals surface area contributed by atoms with Gasteiger partial charge in [-0.2, -0.15) is 0 Å². The molecular formula is C26H23N3O3. The number of fused-ring (bicyclic) bond motifs is 1. The Bertz CT molecular complexity index is 1270. The maximum absolute atomic E-state index is 11.1. The summed E-state index contributed by atoms with van der Waals surface area (Å²) in [6.07, 6.45) is -0.0218. The van der Waals surface area contributed by atoms with Crippen molar-refractivity contribution >= 4 is 17.0 Å². The first-order valence-electron chi connectivity index (χ1n) is 10.4. The van der Waals surface area contributed by atoms with Crippen LogP contribution in [0.4, 0.5) is 0 Å². The third-order valence-electron chi connectivity index (χ3n) is 5.14. The topological polar surface area (TPSA) is 77.2 Å². The molecule has 6 nitrogen and oxygen atoms in total. The minimum atomic E-state index is -0.867. The molecule has 0 spiro atoms. The fourth-order valence-electron chi connectivity index (χ4n) is 3.54. The normalized spacial score (nSPS) is 11.5. The number of carbonyl (C=O) groups is 1. The van der Waals surface area contributed by atoms with Gasteiger partial charge in [-0.15, -0.1) is 11.0 Å². The number of hydrogen-bond acceptors (Lipinski definition) is 4. The van der Waals surface area contributed by atoms with Crippen molar-refractivity contribution in [3.05, 3.63) is 89.5 Å². The van der Waals surface area contributed by atoms with Crippen molar-refractivity contribution in [2.75, 3.05) is 0 Å². The monoisotopic (exact) mass is 425 g/mol. The average Bonchev–Trinajstić information content (AvgIpc) is 3.20. The zero-order chi connectivity index (χ0) is 22.3. The molecule has 0 amide bonds. The van der Waals surface area contributed by atoms with E-state index in [1.807, 2.05) is 65.3 Å². The van der Waals surface area contributed by atoms with Crippen molar-refractivity contribution < 1.29 is 14.6 Å². The van der Waals surface area contributed by atoms with Crippen LogP contribution in [0.5, 0.6) is 5.75 Å². The Labute approximate surface area is 186 Å². The van der Waals surface area contributed by atoms with Gasteiger partial charge in [0.2, 0.25) is 0 Å². The lowest BCUT2D eigenvalue weighted by molar-refractivity contribution is -0.137. The summed E-state index contributed by atoms with van der Waals surface area (Å²) in [5.41, 5.74) is 4.83. The summed E-state index contributed by atoms with van der Waals surface area (Å²) in [6.45, 7) is 2.78. The second kappa shape index (κ2) is 9.80. The molecule has 160 valence electrons. The van der Waals surface area contributed by atoms with Gasteiger partial charge in [-0.05, 0) is 47.9 Å². The number of ether oxygens (including phenoxy) is 1. The van der Waals surface area contributed by atoms with Crippen LogP contribution >= 0.6 is 0 Å². The van der Waals surface area contributed by atoms with E-state index in [1.165, 1.54) is 5.56 Å². The van der Waals surface area contributed by atoms with Crippen molar-refractivity contribution in [1.29, 1.82) is 0 Å². The minimum absolute atomic E-state index is 0.0218. The van der Waals surface area contributed by atoms with Crippen LogP contribution in [0.25, 0.3) is 11.0 Å². The number of aromatic nitrogens is 3. The molecule has 0 aliphatic heterocycles. The van der Waals surface area contributed by atoms with E-state index in [0.29, 0.717) is 18.9 Å². The van der Waals surface area contributed by atoms with Gasteiger partial charge >= 0.3 is 5.97 Å². The predicted octanol–water partition coefficient (Wildman–Crippen LogP) is 4.64. The van der Waals surface area contributed by atoms with E-state index in [1.54, 1.807) is 6.92 Å². The molecule has 1 N–H and O–H groups in total. The molecule has 1 heterocycles. The van der Waals surface area contributed by atoms with Crippen LogP contribution in [0.15, 0.2) is 72.8 Å². The quantitative estimate of drug-likeness (QED) is 0.416. The number of nitrogens with zero attached hydrogens (tertiary/aromatic N) is 3. The Morgan fingerprint density at radius 1 is 1.06 bits per heavy atom. The fourth-order valence-corrected chi connectivity index (χ4v) is 3.54. The summed E-state index contributed by atoms with van der Waals surface area (Å²) in [5.74, 6) is 5.28.